The molecule has 0 bridgehead atoms. The van der Waals surface area contributed by atoms with Crippen LogP contribution in [0.1, 0.15) is 24.2 Å². The fraction of sp³-hybridized carbons (Fsp3) is 0.240. The van der Waals surface area contributed by atoms with Gasteiger partial charge in [-0.2, -0.15) is 9.61 Å². The lowest BCUT2D eigenvalue weighted by molar-refractivity contribution is 0.0903. The molecule has 2 aliphatic rings. The summed E-state index contributed by atoms with van der Waals surface area (Å²) >= 11 is 0. The normalized spacial score (nSPS) is 16.2. The highest BCUT2D eigenvalue weighted by Crippen LogP contribution is 2.27. The third kappa shape index (κ3) is 3.38. The Morgan fingerprint density at radius 2 is 1.84 bits per heavy atom. The van der Waals surface area contributed by atoms with E-state index in [0.717, 1.165) is 76.9 Å². The zero-order chi connectivity index (χ0) is 21.5. The molecule has 1 N–H and O–H groups in total. The SMILES string of the molecule is Cc1nc2ccccc2nc1-c1cc2nc(C3=C=CC=C3)cc(NC3CCOCC3)n2n1. The second-order valence-electron chi connectivity index (χ2n) is 8.09. The highest BCUT2D eigenvalue weighted by Gasteiger charge is 2.19. The Hall–Kier alpha value is -3.80. The second kappa shape index (κ2) is 7.71. The van der Waals surface area contributed by atoms with Gasteiger partial charge in [0.25, 0.3) is 0 Å². The zero-order valence-electron chi connectivity index (χ0n) is 17.7. The molecule has 1 aliphatic heterocycles. The van der Waals surface area contributed by atoms with Crippen LogP contribution in [0.3, 0.4) is 0 Å². The Kier molecular flexibility index (Phi) is 4.56. The van der Waals surface area contributed by atoms with Gasteiger partial charge in [-0.25, -0.2) is 15.0 Å². The maximum atomic E-state index is 5.52. The first-order valence-corrected chi connectivity index (χ1v) is 10.9. The van der Waals surface area contributed by atoms with E-state index in [4.69, 9.17) is 24.8 Å². The zero-order valence-corrected chi connectivity index (χ0v) is 17.7. The summed E-state index contributed by atoms with van der Waals surface area (Å²) in [5.41, 5.74) is 9.95. The molecule has 7 nitrogen and oxygen atoms in total. The summed E-state index contributed by atoms with van der Waals surface area (Å²) in [7, 11) is 0. The van der Waals surface area contributed by atoms with Gasteiger partial charge in [0.2, 0.25) is 0 Å². The summed E-state index contributed by atoms with van der Waals surface area (Å²) < 4.78 is 7.39. The predicted octanol–water partition coefficient (Wildman–Crippen LogP) is 4.35. The van der Waals surface area contributed by atoms with Crippen molar-refractivity contribution in [1.82, 2.24) is 24.6 Å². The average Bonchev–Trinajstić information content (AvgIpc) is 3.49. The first kappa shape index (κ1) is 18.9. The van der Waals surface area contributed by atoms with Gasteiger partial charge in [-0.05, 0) is 44.1 Å². The van der Waals surface area contributed by atoms with E-state index in [0.29, 0.717) is 6.04 Å². The van der Waals surface area contributed by atoms with Crippen molar-refractivity contribution in [3.63, 3.8) is 0 Å². The molecule has 158 valence electrons. The van der Waals surface area contributed by atoms with E-state index < -0.39 is 0 Å². The van der Waals surface area contributed by atoms with Gasteiger partial charge >= 0.3 is 0 Å². The topological polar surface area (TPSA) is 77.2 Å². The Morgan fingerprint density at radius 1 is 1.03 bits per heavy atom. The third-order valence-electron chi connectivity index (χ3n) is 5.86. The van der Waals surface area contributed by atoms with Crippen molar-refractivity contribution < 1.29 is 4.74 Å². The van der Waals surface area contributed by atoms with E-state index in [9.17, 15) is 0 Å². The van der Waals surface area contributed by atoms with Crippen molar-refractivity contribution in [2.24, 2.45) is 0 Å². The number of benzene rings is 1. The molecule has 3 aromatic heterocycles. The highest BCUT2D eigenvalue weighted by molar-refractivity contribution is 5.79. The molecule has 1 fully saturated rings. The highest BCUT2D eigenvalue weighted by atomic mass is 16.5. The molecule has 1 saturated heterocycles. The number of aryl methyl sites for hydroxylation is 1. The molecule has 6 rings (SSSR count). The molecule has 1 aromatic carbocycles. The van der Waals surface area contributed by atoms with Crippen LogP contribution in [0, 0.1) is 6.92 Å². The van der Waals surface area contributed by atoms with Gasteiger partial charge in [-0.15, -0.1) is 5.73 Å². The van der Waals surface area contributed by atoms with Crippen molar-refractivity contribution in [2.45, 2.75) is 25.8 Å². The number of nitrogens with one attached hydrogen (secondary N) is 1. The fourth-order valence-corrected chi connectivity index (χ4v) is 4.20. The molecule has 4 aromatic rings. The molecule has 0 saturated carbocycles. The van der Waals surface area contributed by atoms with Gasteiger partial charge in [0.1, 0.15) is 17.2 Å². The number of nitrogens with zero attached hydrogens (tertiary/aromatic N) is 5. The molecule has 0 amide bonds. The summed E-state index contributed by atoms with van der Waals surface area (Å²) in [6.07, 6.45) is 7.83. The van der Waals surface area contributed by atoms with Crippen LogP contribution in [0.5, 0.6) is 0 Å². The molecule has 7 heteroatoms. The number of rotatable bonds is 4. The summed E-state index contributed by atoms with van der Waals surface area (Å²) in [5.74, 6) is 0.907. The van der Waals surface area contributed by atoms with Crippen molar-refractivity contribution in [1.29, 1.82) is 0 Å². The van der Waals surface area contributed by atoms with Crippen LogP contribution in [0.25, 0.3) is 33.6 Å². The molecular weight excluding hydrogens is 400 g/mol. The minimum absolute atomic E-state index is 0.334. The van der Waals surface area contributed by atoms with E-state index in [1.165, 1.54) is 0 Å². The molecule has 0 radical (unpaired) electrons. The van der Waals surface area contributed by atoms with Gasteiger partial charge in [0, 0.05) is 37.0 Å². The van der Waals surface area contributed by atoms with E-state index in [2.05, 4.69) is 11.0 Å². The van der Waals surface area contributed by atoms with E-state index >= 15 is 0 Å². The molecule has 1 aliphatic carbocycles. The first-order chi connectivity index (χ1) is 15.7. The fourth-order valence-electron chi connectivity index (χ4n) is 4.20. The Bertz CT molecular complexity index is 1440. The summed E-state index contributed by atoms with van der Waals surface area (Å²) in [5, 5.41) is 8.55. The lowest BCUT2D eigenvalue weighted by Gasteiger charge is -2.24. The molecular formula is C25H22N6O. The average molecular weight is 422 g/mol. The van der Waals surface area contributed by atoms with Crippen LogP contribution >= 0.6 is 0 Å². The molecule has 0 atom stereocenters. The maximum absolute atomic E-state index is 5.52. The smallest absolute Gasteiger partial charge is 0.158 e. The van der Waals surface area contributed by atoms with E-state index in [1.54, 1.807) is 0 Å². The lowest BCUT2D eigenvalue weighted by atomic mass is 10.1. The number of allylic oxidation sites excluding steroid dienone is 3. The largest absolute Gasteiger partial charge is 0.381 e. The minimum atomic E-state index is 0.334. The van der Waals surface area contributed by atoms with Crippen LogP contribution < -0.4 is 5.32 Å². The number of hydrogen-bond acceptors (Lipinski definition) is 6. The number of fused-ring (bicyclic) bond motifs is 2. The quantitative estimate of drug-likeness (QED) is 0.493. The molecule has 4 heterocycles. The maximum Gasteiger partial charge on any atom is 0.158 e. The molecule has 0 unspecified atom stereocenters. The molecule has 32 heavy (non-hydrogen) atoms. The van der Waals surface area contributed by atoms with Gasteiger partial charge in [0.05, 0.1) is 22.4 Å². The van der Waals surface area contributed by atoms with Crippen molar-refractivity contribution in [2.75, 3.05) is 18.5 Å². The van der Waals surface area contributed by atoms with Gasteiger partial charge < -0.3 is 10.1 Å². The summed E-state index contributed by atoms with van der Waals surface area (Å²) in [6, 6.07) is 12.3. The number of hydrogen-bond donors (Lipinski definition) is 1. The summed E-state index contributed by atoms with van der Waals surface area (Å²) in [4.78, 5) is 14.4. The first-order valence-electron chi connectivity index (χ1n) is 10.9. The minimum Gasteiger partial charge on any atom is -0.381 e. The van der Waals surface area contributed by atoms with Crippen LogP contribution in [-0.2, 0) is 4.74 Å². The monoisotopic (exact) mass is 422 g/mol. The van der Waals surface area contributed by atoms with Crippen molar-refractivity contribution >= 4 is 28.1 Å². The van der Waals surface area contributed by atoms with Gasteiger partial charge in [-0.1, -0.05) is 18.2 Å². The molecule has 0 spiro atoms. The second-order valence-corrected chi connectivity index (χ2v) is 8.09. The number of anilines is 1. The standard InChI is InChI=1S/C25H22N6O/c1-16-25(29-20-9-5-4-8-19(20)26-16)22-15-24-28-21(17-6-2-3-7-17)14-23(31(24)30-22)27-18-10-12-32-13-11-18/h2-6,8-9,14-15,18,27H,10-13H2,1H3. The van der Waals surface area contributed by atoms with Crippen LogP contribution in [0.15, 0.2) is 60.4 Å². The van der Waals surface area contributed by atoms with Gasteiger partial charge in [0.15, 0.2) is 5.65 Å². The number of ether oxygens (including phenoxy) is 1. The Labute approximate surface area is 185 Å². The van der Waals surface area contributed by atoms with E-state index in [1.807, 2.05) is 66.1 Å². The lowest BCUT2D eigenvalue weighted by Crippen LogP contribution is -2.29. The number of para-hydroxylation sites is 2. The van der Waals surface area contributed by atoms with Crippen molar-refractivity contribution in [3.8, 4) is 11.4 Å². The Morgan fingerprint density at radius 3 is 2.62 bits per heavy atom. The Balaban J connectivity index is 1.49. The number of aromatic nitrogens is 5. The van der Waals surface area contributed by atoms with Crippen LogP contribution in [-0.4, -0.2) is 43.8 Å². The predicted molar refractivity (Wildman–Crippen MR) is 124 cm³/mol. The van der Waals surface area contributed by atoms with E-state index in [-0.39, 0.29) is 0 Å². The summed E-state index contributed by atoms with van der Waals surface area (Å²) in [6.45, 7) is 3.51. The van der Waals surface area contributed by atoms with Crippen LogP contribution in [0.2, 0.25) is 0 Å². The third-order valence-corrected chi connectivity index (χ3v) is 5.86. The van der Waals surface area contributed by atoms with Crippen molar-refractivity contribution in [3.05, 3.63) is 71.7 Å². The van der Waals surface area contributed by atoms with Gasteiger partial charge in [-0.3, -0.25) is 0 Å². The van der Waals surface area contributed by atoms with Crippen LogP contribution in [0.4, 0.5) is 5.82 Å².